The number of benzene rings is 2. The predicted octanol–water partition coefficient (Wildman–Crippen LogP) is 3.63. The fourth-order valence-electron chi connectivity index (χ4n) is 3.85. The number of carbonyl (C=O) groups is 3. The van der Waals surface area contributed by atoms with Gasteiger partial charge in [0.15, 0.2) is 0 Å². The molecular formula is C24H27N3O6S. The van der Waals surface area contributed by atoms with E-state index in [2.05, 4.69) is 5.32 Å². The van der Waals surface area contributed by atoms with Gasteiger partial charge in [-0.2, -0.15) is 0 Å². The van der Waals surface area contributed by atoms with Gasteiger partial charge in [-0.15, -0.1) is 11.8 Å². The summed E-state index contributed by atoms with van der Waals surface area (Å²) < 4.78 is 4.68. The number of thioether (sulfide) groups is 1. The molecule has 2 aliphatic heterocycles. The summed E-state index contributed by atoms with van der Waals surface area (Å²) in [5, 5.41) is 13.3. The number of β-lactam (4-membered cyclic amide) rings is 1. The lowest BCUT2D eigenvalue weighted by Gasteiger charge is -2.47. The maximum Gasteiger partial charge on any atom is 0.355 e. The van der Waals surface area contributed by atoms with Crippen LogP contribution in [0.3, 0.4) is 0 Å². The SMILES string of the molecule is CCC(=O)NC1(C(=O)OCc2ccc([N+](=O)[O-])cc2)N2C(=O)C[C@H]2SC1(C)C.c1ccccc1. The largest absolute Gasteiger partial charge is 0.458 e. The zero-order valence-corrected chi connectivity index (χ0v) is 20.0. The Morgan fingerprint density at radius 3 is 2.18 bits per heavy atom. The van der Waals surface area contributed by atoms with Crippen molar-refractivity contribution in [3.8, 4) is 0 Å². The lowest BCUT2D eigenvalue weighted by Crippen LogP contribution is -2.75. The number of rotatable bonds is 6. The van der Waals surface area contributed by atoms with Gasteiger partial charge in [0.1, 0.15) is 6.61 Å². The minimum absolute atomic E-state index is 0.0656. The van der Waals surface area contributed by atoms with E-state index in [0.717, 1.165) is 0 Å². The summed E-state index contributed by atoms with van der Waals surface area (Å²) in [6.07, 6.45) is 0.471. The Morgan fingerprint density at radius 1 is 1.15 bits per heavy atom. The predicted molar refractivity (Wildman–Crippen MR) is 127 cm³/mol. The van der Waals surface area contributed by atoms with Gasteiger partial charge in [0.25, 0.3) is 5.69 Å². The molecule has 180 valence electrons. The van der Waals surface area contributed by atoms with E-state index in [1.54, 1.807) is 20.8 Å². The monoisotopic (exact) mass is 485 g/mol. The molecule has 0 aromatic heterocycles. The van der Waals surface area contributed by atoms with Crippen LogP contribution in [-0.4, -0.2) is 43.4 Å². The van der Waals surface area contributed by atoms with E-state index >= 15 is 0 Å². The van der Waals surface area contributed by atoms with Crippen molar-refractivity contribution in [1.29, 1.82) is 0 Å². The third kappa shape index (κ3) is 4.91. The van der Waals surface area contributed by atoms with Crippen LogP contribution in [0.15, 0.2) is 60.7 Å². The van der Waals surface area contributed by atoms with E-state index in [4.69, 9.17) is 4.74 Å². The van der Waals surface area contributed by atoms with Crippen LogP contribution in [-0.2, 0) is 25.7 Å². The van der Waals surface area contributed by atoms with E-state index in [9.17, 15) is 24.5 Å². The van der Waals surface area contributed by atoms with Crippen LogP contribution in [0.4, 0.5) is 5.69 Å². The standard InChI is InChI=1S/C18H21N3O6S.C6H6/c1-4-13(22)19-18(17(2,3)28-15-9-14(23)20(15)18)16(24)27-10-11-5-7-12(8-6-11)21(25)26;1-2-4-6-5-3-1/h5-8,15H,4,9-10H2,1-3H3,(H,19,22);1-6H/t15-,18?;/m1./s1. The second kappa shape index (κ2) is 10.3. The number of esters is 1. The van der Waals surface area contributed by atoms with Crippen molar-refractivity contribution in [2.45, 2.75) is 56.0 Å². The Balaban J connectivity index is 0.000000469. The zero-order chi connectivity index (χ0) is 24.9. The summed E-state index contributed by atoms with van der Waals surface area (Å²) >= 11 is 1.45. The van der Waals surface area contributed by atoms with E-state index in [0.29, 0.717) is 12.0 Å². The van der Waals surface area contributed by atoms with Crippen LogP contribution in [0.25, 0.3) is 0 Å². The summed E-state index contributed by atoms with van der Waals surface area (Å²) in [5.41, 5.74) is -1.10. The molecule has 2 saturated heterocycles. The van der Waals surface area contributed by atoms with Crippen molar-refractivity contribution in [2.75, 3.05) is 0 Å². The molecule has 0 saturated carbocycles. The average molecular weight is 486 g/mol. The number of hydrogen-bond acceptors (Lipinski definition) is 7. The second-order valence-corrected chi connectivity index (χ2v) is 10.1. The molecule has 9 nitrogen and oxygen atoms in total. The van der Waals surface area contributed by atoms with Gasteiger partial charge in [-0.05, 0) is 31.5 Å². The number of non-ortho nitro benzene ring substituents is 1. The molecular weight excluding hydrogens is 458 g/mol. The molecule has 2 amide bonds. The molecule has 1 unspecified atom stereocenters. The second-order valence-electron chi connectivity index (χ2n) is 8.32. The molecule has 2 aromatic carbocycles. The van der Waals surface area contributed by atoms with E-state index < -0.39 is 21.3 Å². The molecule has 2 heterocycles. The van der Waals surface area contributed by atoms with Crippen molar-refractivity contribution in [3.63, 3.8) is 0 Å². The van der Waals surface area contributed by atoms with Crippen LogP contribution in [0.5, 0.6) is 0 Å². The quantitative estimate of drug-likeness (QED) is 0.287. The van der Waals surface area contributed by atoms with Crippen LogP contribution in [0.2, 0.25) is 0 Å². The fourth-order valence-corrected chi connectivity index (χ4v) is 5.54. The summed E-state index contributed by atoms with van der Waals surface area (Å²) in [4.78, 5) is 49.2. The highest BCUT2D eigenvalue weighted by atomic mass is 32.2. The van der Waals surface area contributed by atoms with Crippen LogP contribution in [0.1, 0.15) is 39.2 Å². The number of nitrogens with one attached hydrogen (secondary N) is 1. The number of carbonyl (C=O) groups excluding carboxylic acids is 3. The third-order valence-corrected chi connectivity index (χ3v) is 7.22. The van der Waals surface area contributed by atoms with Crippen molar-refractivity contribution in [2.24, 2.45) is 0 Å². The Bertz CT molecular complexity index is 1030. The lowest BCUT2D eigenvalue weighted by atomic mass is 9.89. The summed E-state index contributed by atoms with van der Waals surface area (Å²) in [6, 6.07) is 17.6. The molecule has 0 aliphatic carbocycles. The lowest BCUT2D eigenvalue weighted by molar-refractivity contribution is -0.384. The first-order chi connectivity index (χ1) is 16.1. The molecule has 10 heteroatoms. The molecule has 2 fully saturated rings. The molecule has 0 radical (unpaired) electrons. The molecule has 2 aromatic rings. The van der Waals surface area contributed by atoms with Crippen molar-refractivity contribution in [3.05, 3.63) is 76.3 Å². The molecule has 0 spiro atoms. The van der Waals surface area contributed by atoms with E-state index in [1.165, 1.54) is 40.9 Å². The highest BCUT2D eigenvalue weighted by Crippen LogP contribution is 2.56. The van der Waals surface area contributed by atoms with Crippen LogP contribution < -0.4 is 5.32 Å². The van der Waals surface area contributed by atoms with Gasteiger partial charge in [-0.3, -0.25) is 24.6 Å². The summed E-state index contributed by atoms with van der Waals surface area (Å²) in [6.45, 7) is 5.13. The summed E-state index contributed by atoms with van der Waals surface area (Å²) in [7, 11) is 0. The Hall–Kier alpha value is -3.40. The fraction of sp³-hybridized carbons (Fsp3) is 0.375. The zero-order valence-electron chi connectivity index (χ0n) is 19.2. The van der Waals surface area contributed by atoms with Gasteiger partial charge < -0.3 is 10.1 Å². The van der Waals surface area contributed by atoms with Gasteiger partial charge in [-0.25, -0.2) is 4.79 Å². The summed E-state index contributed by atoms with van der Waals surface area (Å²) in [5.74, 6) is -1.30. The number of nitro groups is 1. The third-order valence-electron chi connectivity index (χ3n) is 5.69. The van der Waals surface area contributed by atoms with Gasteiger partial charge in [0.05, 0.1) is 21.5 Å². The first-order valence-corrected chi connectivity index (χ1v) is 11.7. The van der Waals surface area contributed by atoms with E-state index in [-0.39, 0.29) is 35.9 Å². The van der Waals surface area contributed by atoms with Crippen molar-refractivity contribution in [1.82, 2.24) is 10.2 Å². The molecule has 0 bridgehead atoms. The Kier molecular flexibility index (Phi) is 7.61. The molecule has 2 atom stereocenters. The highest BCUT2D eigenvalue weighted by Gasteiger charge is 2.70. The van der Waals surface area contributed by atoms with Gasteiger partial charge in [0, 0.05) is 18.6 Å². The molecule has 4 rings (SSSR count). The number of ether oxygens (including phenoxy) is 1. The maximum absolute atomic E-state index is 13.2. The first kappa shape index (κ1) is 25.2. The van der Waals surface area contributed by atoms with E-state index in [1.807, 2.05) is 36.4 Å². The number of fused-ring (bicyclic) bond motifs is 1. The molecule has 1 N–H and O–H groups in total. The highest BCUT2D eigenvalue weighted by molar-refractivity contribution is 8.01. The smallest absolute Gasteiger partial charge is 0.355 e. The Labute approximate surface area is 202 Å². The number of amides is 2. The first-order valence-electron chi connectivity index (χ1n) is 10.8. The number of hydrogen-bond donors (Lipinski definition) is 1. The van der Waals surface area contributed by atoms with Gasteiger partial charge in [-0.1, -0.05) is 43.3 Å². The van der Waals surface area contributed by atoms with Gasteiger partial charge in [0.2, 0.25) is 17.5 Å². The Morgan fingerprint density at radius 2 is 1.71 bits per heavy atom. The minimum atomic E-state index is -1.59. The molecule has 34 heavy (non-hydrogen) atoms. The average Bonchev–Trinajstić information content (AvgIpc) is 3.01. The molecule has 2 aliphatic rings. The minimum Gasteiger partial charge on any atom is -0.458 e. The van der Waals surface area contributed by atoms with Gasteiger partial charge >= 0.3 is 5.97 Å². The van der Waals surface area contributed by atoms with Crippen LogP contribution in [0, 0.1) is 10.1 Å². The number of nitro benzene ring substituents is 1. The van der Waals surface area contributed by atoms with Crippen molar-refractivity contribution >= 4 is 35.2 Å². The van der Waals surface area contributed by atoms with Crippen LogP contribution >= 0.6 is 11.8 Å². The number of nitrogens with zero attached hydrogens (tertiary/aromatic N) is 2. The normalized spacial score (nSPS) is 21.9. The maximum atomic E-state index is 13.2. The topological polar surface area (TPSA) is 119 Å². The van der Waals surface area contributed by atoms with Crippen molar-refractivity contribution < 1.29 is 24.0 Å².